The molecule has 2 rings (SSSR count). The lowest BCUT2D eigenvalue weighted by Gasteiger charge is -2.28. The lowest BCUT2D eigenvalue weighted by molar-refractivity contribution is 0.0176. The van der Waals surface area contributed by atoms with Crippen molar-refractivity contribution in [2.45, 2.75) is 58.5 Å². The second kappa shape index (κ2) is 4.41. The van der Waals surface area contributed by atoms with Crippen molar-refractivity contribution in [1.82, 2.24) is 4.98 Å². The molecule has 1 aliphatic rings. The molecular formula is C15H23NO. The van der Waals surface area contributed by atoms with Gasteiger partial charge in [-0.2, -0.15) is 0 Å². The molecule has 0 aromatic carbocycles. The Morgan fingerprint density at radius 1 is 1.12 bits per heavy atom. The van der Waals surface area contributed by atoms with E-state index in [4.69, 9.17) is 0 Å². The first kappa shape index (κ1) is 12.6. The Bertz CT molecular complexity index is 400. The molecule has 1 saturated carbocycles. The number of pyridine rings is 1. The first-order valence-electron chi connectivity index (χ1n) is 6.56. The van der Waals surface area contributed by atoms with Crippen molar-refractivity contribution < 1.29 is 5.11 Å². The van der Waals surface area contributed by atoms with Crippen molar-refractivity contribution >= 4 is 0 Å². The molecule has 0 spiro atoms. The standard InChI is InChI=1S/C15H23NO/c1-12-9-13(11-16-10-12)15(17)6-4-5-14(2,3)7-8-15/h9-11,17H,4-8H2,1-3H3. The van der Waals surface area contributed by atoms with Gasteiger partial charge in [0.05, 0.1) is 5.60 Å². The first-order valence-corrected chi connectivity index (χ1v) is 6.56. The van der Waals surface area contributed by atoms with Gasteiger partial charge in [-0.05, 0) is 50.0 Å². The van der Waals surface area contributed by atoms with Crippen molar-refractivity contribution in [3.8, 4) is 0 Å². The maximum Gasteiger partial charge on any atom is 0.0911 e. The molecule has 1 fully saturated rings. The Morgan fingerprint density at radius 2 is 1.88 bits per heavy atom. The van der Waals surface area contributed by atoms with Gasteiger partial charge in [-0.1, -0.05) is 19.9 Å². The average molecular weight is 233 g/mol. The SMILES string of the molecule is Cc1cncc(C2(O)CCCC(C)(C)CC2)c1. The molecule has 1 N–H and O–H groups in total. The van der Waals surface area contributed by atoms with Gasteiger partial charge in [-0.3, -0.25) is 4.98 Å². The van der Waals surface area contributed by atoms with Crippen LogP contribution in [-0.4, -0.2) is 10.1 Å². The van der Waals surface area contributed by atoms with Gasteiger partial charge < -0.3 is 5.11 Å². The summed E-state index contributed by atoms with van der Waals surface area (Å²) in [5, 5.41) is 10.8. The second-order valence-corrected chi connectivity index (χ2v) is 6.30. The van der Waals surface area contributed by atoms with Crippen LogP contribution in [0.15, 0.2) is 18.5 Å². The number of nitrogens with zero attached hydrogens (tertiary/aromatic N) is 1. The topological polar surface area (TPSA) is 33.1 Å². The van der Waals surface area contributed by atoms with Crippen molar-refractivity contribution in [1.29, 1.82) is 0 Å². The zero-order chi connectivity index (χ0) is 12.5. The number of aryl methyl sites for hydroxylation is 1. The third-order valence-corrected chi connectivity index (χ3v) is 4.07. The summed E-state index contributed by atoms with van der Waals surface area (Å²) in [6.45, 7) is 6.63. The summed E-state index contributed by atoms with van der Waals surface area (Å²) in [7, 11) is 0. The second-order valence-electron chi connectivity index (χ2n) is 6.30. The predicted octanol–water partition coefficient (Wildman–Crippen LogP) is 3.57. The number of aliphatic hydroxyl groups is 1. The van der Waals surface area contributed by atoms with E-state index in [0.29, 0.717) is 5.41 Å². The highest BCUT2D eigenvalue weighted by Gasteiger charge is 2.35. The molecule has 1 unspecified atom stereocenters. The molecule has 17 heavy (non-hydrogen) atoms. The van der Waals surface area contributed by atoms with Crippen LogP contribution in [0.3, 0.4) is 0 Å². The van der Waals surface area contributed by atoms with E-state index in [1.165, 1.54) is 6.42 Å². The normalized spacial score (nSPS) is 28.7. The van der Waals surface area contributed by atoms with Crippen LogP contribution < -0.4 is 0 Å². The molecule has 2 heteroatoms. The summed E-state index contributed by atoms with van der Waals surface area (Å²) in [6.07, 6.45) is 8.76. The summed E-state index contributed by atoms with van der Waals surface area (Å²) in [5.74, 6) is 0. The van der Waals surface area contributed by atoms with E-state index in [9.17, 15) is 5.11 Å². The Hall–Kier alpha value is -0.890. The minimum Gasteiger partial charge on any atom is -0.385 e. The molecule has 2 nitrogen and oxygen atoms in total. The molecule has 94 valence electrons. The van der Waals surface area contributed by atoms with E-state index in [1.807, 2.05) is 19.3 Å². The quantitative estimate of drug-likeness (QED) is 0.752. The van der Waals surface area contributed by atoms with Gasteiger partial charge in [0, 0.05) is 18.0 Å². The molecule has 0 amide bonds. The van der Waals surface area contributed by atoms with E-state index in [1.54, 1.807) is 0 Å². The van der Waals surface area contributed by atoms with Gasteiger partial charge in [0.1, 0.15) is 0 Å². The Kier molecular flexibility index (Phi) is 3.26. The van der Waals surface area contributed by atoms with E-state index in [0.717, 1.165) is 36.8 Å². The maximum atomic E-state index is 10.8. The number of hydrogen-bond donors (Lipinski definition) is 1. The lowest BCUT2D eigenvalue weighted by atomic mass is 9.83. The molecule has 1 aromatic rings. The van der Waals surface area contributed by atoms with Crippen LogP contribution in [-0.2, 0) is 5.60 Å². The summed E-state index contributed by atoms with van der Waals surface area (Å²) in [5.41, 5.74) is 1.82. The molecular weight excluding hydrogens is 210 g/mol. The number of rotatable bonds is 1. The molecule has 1 atom stereocenters. The summed E-state index contributed by atoms with van der Waals surface area (Å²) < 4.78 is 0. The fourth-order valence-corrected chi connectivity index (χ4v) is 2.75. The van der Waals surface area contributed by atoms with Crippen LogP contribution in [0.1, 0.15) is 57.1 Å². The largest absolute Gasteiger partial charge is 0.385 e. The average Bonchev–Trinajstić information content (AvgIpc) is 2.39. The molecule has 1 heterocycles. The summed E-state index contributed by atoms with van der Waals surface area (Å²) in [6, 6.07) is 2.07. The van der Waals surface area contributed by atoms with E-state index in [-0.39, 0.29) is 0 Å². The van der Waals surface area contributed by atoms with Crippen molar-refractivity contribution in [2.24, 2.45) is 5.41 Å². The highest BCUT2D eigenvalue weighted by atomic mass is 16.3. The van der Waals surface area contributed by atoms with Gasteiger partial charge >= 0.3 is 0 Å². The number of aromatic nitrogens is 1. The van der Waals surface area contributed by atoms with Crippen LogP contribution >= 0.6 is 0 Å². The monoisotopic (exact) mass is 233 g/mol. The first-order chi connectivity index (χ1) is 7.91. The maximum absolute atomic E-state index is 10.8. The Labute approximate surface area is 104 Å². The number of hydrogen-bond acceptors (Lipinski definition) is 2. The van der Waals surface area contributed by atoms with Crippen LogP contribution in [0.2, 0.25) is 0 Å². The van der Waals surface area contributed by atoms with E-state index >= 15 is 0 Å². The minimum absolute atomic E-state index is 0.363. The Morgan fingerprint density at radius 3 is 2.59 bits per heavy atom. The van der Waals surface area contributed by atoms with Crippen LogP contribution in [0.4, 0.5) is 0 Å². The molecule has 1 aromatic heterocycles. The fraction of sp³-hybridized carbons (Fsp3) is 0.667. The van der Waals surface area contributed by atoms with Crippen LogP contribution in [0.5, 0.6) is 0 Å². The van der Waals surface area contributed by atoms with Crippen molar-refractivity contribution in [2.75, 3.05) is 0 Å². The Balaban J connectivity index is 2.24. The summed E-state index contributed by atoms with van der Waals surface area (Å²) in [4.78, 5) is 4.21. The lowest BCUT2D eigenvalue weighted by Crippen LogP contribution is -2.25. The molecule has 1 aliphatic carbocycles. The highest BCUT2D eigenvalue weighted by Crippen LogP contribution is 2.42. The van der Waals surface area contributed by atoms with Gasteiger partial charge in [0.2, 0.25) is 0 Å². The zero-order valence-corrected chi connectivity index (χ0v) is 11.2. The fourth-order valence-electron chi connectivity index (χ4n) is 2.75. The van der Waals surface area contributed by atoms with Gasteiger partial charge in [-0.25, -0.2) is 0 Å². The van der Waals surface area contributed by atoms with E-state index < -0.39 is 5.60 Å². The van der Waals surface area contributed by atoms with E-state index in [2.05, 4.69) is 24.9 Å². The van der Waals surface area contributed by atoms with Crippen LogP contribution in [0.25, 0.3) is 0 Å². The molecule has 0 bridgehead atoms. The minimum atomic E-state index is -0.660. The van der Waals surface area contributed by atoms with Crippen molar-refractivity contribution in [3.05, 3.63) is 29.6 Å². The third-order valence-electron chi connectivity index (χ3n) is 4.07. The molecule has 0 aliphatic heterocycles. The van der Waals surface area contributed by atoms with Gasteiger partial charge in [0.15, 0.2) is 0 Å². The van der Waals surface area contributed by atoms with Crippen LogP contribution in [0, 0.1) is 12.3 Å². The zero-order valence-electron chi connectivity index (χ0n) is 11.2. The smallest absolute Gasteiger partial charge is 0.0911 e. The van der Waals surface area contributed by atoms with Crippen molar-refractivity contribution in [3.63, 3.8) is 0 Å². The highest BCUT2D eigenvalue weighted by molar-refractivity contribution is 5.23. The summed E-state index contributed by atoms with van der Waals surface area (Å²) >= 11 is 0. The third kappa shape index (κ3) is 2.86. The predicted molar refractivity (Wildman–Crippen MR) is 69.7 cm³/mol. The molecule has 0 radical (unpaired) electrons. The van der Waals surface area contributed by atoms with Gasteiger partial charge in [0.25, 0.3) is 0 Å². The molecule has 0 saturated heterocycles. The van der Waals surface area contributed by atoms with Gasteiger partial charge in [-0.15, -0.1) is 0 Å².